The van der Waals surface area contributed by atoms with Crippen LogP contribution in [-0.2, 0) is 0 Å². The number of rotatable bonds is 3. The van der Waals surface area contributed by atoms with Crippen LogP contribution in [0.2, 0.25) is 0 Å². The fourth-order valence-corrected chi connectivity index (χ4v) is 1.16. The molecule has 0 aromatic heterocycles. The number of hydrogen-bond donors (Lipinski definition) is 1. The summed E-state index contributed by atoms with van der Waals surface area (Å²) >= 11 is 0. The Bertz CT molecular complexity index is 294. The molecule has 2 heteroatoms. The van der Waals surface area contributed by atoms with Gasteiger partial charge in [0, 0.05) is 12.1 Å². The largest absolute Gasteiger partial charge is 0.352 e. The Balaban J connectivity index is 2.71. The van der Waals surface area contributed by atoms with Crippen molar-refractivity contribution in [2.75, 3.05) is 6.54 Å². The normalized spacial score (nSPS) is 9.69. The highest BCUT2D eigenvalue weighted by atomic mass is 16.1. The summed E-state index contributed by atoms with van der Waals surface area (Å²) in [5, 5.41) is 2.85. The van der Waals surface area contributed by atoms with Crippen molar-refractivity contribution in [1.29, 1.82) is 0 Å². The molecule has 2 nitrogen and oxygen atoms in total. The Morgan fingerprint density at radius 3 is 2.69 bits per heavy atom. The molecule has 1 aromatic rings. The smallest absolute Gasteiger partial charge is 0.251 e. The predicted molar refractivity (Wildman–Crippen MR) is 53.8 cm³/mol. The third kappa shape index (κ3) is 2.58. The van der Waals surface area contributed by atoms with E-state index < -0.39 is 0 Å². The number of hydrogen-bond acceptors (Lipinski definition) is 1. The lowest BCUT2D eigenvalue weighted by atomic mass is 10.1. The van der Waals surface area contributed by atoms with E-state index in [0.29, 0.717) is 0 Å². The van der Waals surface area contributed by atoms with E-state index in [1.807, 2.05) is 38.1 Å². The van der Waals surface area contributed by atoms with Gasteiger partial charge in [-0.15, -0.1) is 0 Å². The van der Waals surface area contributed by atoms with E-state index in [1.165, 1.54) is 0 Å². The number of aryl methyl sites for hydroxylation is 1. The van der Waals surface area contributed by atoms with Gasteiger partial charge in [0.25, 0.3) is 5.91 Å². The monoisotopic (exact) mass is 177 g/mol. The molecule has 0 radical (unpaired) electrons. The SMILES string of the molecule is CCCNC(=O)c1ccccc1C. The van der Waals surface area contributed by atoms with Gasteiger partial charge in [0.15, 0.2) is 0 Å². The van der Waals surface area contributed by atoms with Crippen LogP contribution in [0.4, 0.5) is 0 Å². The highest BCUT2D eigenvalue weighted by Crippen LogP contribution is 2.05. The van der Waals surface area contributed by atoms with Crippen molar-refractivity contribution in [2.45, 2.75) is 20.3 Å². The molecular formula is C11H15NO. The van der Waals surface area contributed by atoms with Crippen molar-refractivity contribution in [3.63, 3.8) is 0 Å². The average molecular weight is 177 g/mol. The van der Waals surface area contributed by atoms with Crippen LogP contribution in [0.1, 0.15) is 29.3 Å². The third-order valence-corrected chi connectivity index (χ3v) is 1.93. The van der Waals surface area contributed by atoms with Gasteiger partial charge in [-0.3, -0.25) is 4.79 Å². The first-order valence-electron chi connectivity index (χ1n) is 4.59. The second-order valence-electron chi connectivity index (χ2n) is 3.07. The van der Waals surface area contributed by atoms with Crippen LogP contribution < -0.4 is 5.32 Å². The molecule has 1 N–H and O–H groups in total. The molecule has 0 atom stereocenters. The minimum absolute atomic E-state index is 0.0277. The van der Waals surface area contributed by atoms with Gasteiger partial charge in [-0.1, -0.05) is 25.1 Å². The molecule has 0 saturated carbocycles. The van der Waals surface area contributed by atoms with Crippen molar-refractivity contribution >= 4 is 5.91 Å². The van der Waals surface area contributed by atoms with Crippen molar-refractivity contribution in [3.05, 3.63) is 35.4 Å². The van der Waals surface area contributed by atoms with E-state index >= 15 is 0 Å². The fourth-order valence-electron chi connectivity index (χ4n) is 1.16. The van der Waals surface area contributed by atoms with Crippen LogP contribution in [0.15, 0.2) is 24.3 Å². The first-order chi connectivity index (χ1) is 6.25. The second-order valence-corrected chi connectivity index (χ2v) is 3.07. The topological polar surface area (TPSA) is 29.1 Å². The van der Waals surface area contributed by atoms with Gasteiger partial charge >= 0.3 is 0 Å². The second kappa shape index (κ2) is 4.65. The summed E-state index contributed by atoms with van der Waals surface area (Å²) in [6.45, 7) is 4.73. The summed E-state index contributed by atoms with van der Waals surface area (Å²) < 4.78 is 0. The zero-order chi connectivity index (χ0) is 9.68. The lowest BCUT2D eigenvalue weighted by Gasteiger charge is -2.05. The Morgan fingerprint density at radius 2 is 2.08 bits per heavy atom. The maximum atomic E-state index is 11.5. The van der Waals surface area contributed by atoms with Crippen LogP contribution >= 0.6 is 0 Å². The molecule has 0 aliphatic heterocycles. The molecule has 70 valence electrons. The Labute approximate surface area is 79.0 Å². The molecule has 0 unspecified atom stereocenters. The Hall–Kier alpha value is -1.31. The van der Waals surface area contributed by atoms with E-state index in [1.54, 1.807) is 0 Å². The molecule has 13 heavy (non-hydrogen) atoms. The summed E-state index contributed by atoms with van der Waals surface area (Å²) in [6, 6.07) is 7.61. The summed E-state index contributed by atoms with van der Waals surface area (Å²) in [6.07, 6.45) is 0.970. The maximum absolute atomic E-state index is 11.5. The highest BCUT2D eigenvalue weighted by Gasteiger charge is 2.05. The van der Waals surface area contributed by atoms with Crippen LogP contribution in [0.25, 0.3) is 0 Å². The number of benzene rings is 1. The van der Waals surface area contributed by atoms with E-state index in [2.05, 4.69) is 5.32 Å². The van der Waals surface area contributed by atoms with Gasteiger partial charge in [0.1, 0.15) is 0 Å². The number of nitrogens with one attached hydrogen (secondary N) is 1. The standard InChI is InChI=1S/C11H15NO/c1-3-8-12-11(13)10-7-5-4-6-9(10)2/h4-7H,3,8H2,1-2H3,(H,12,13). The summed E-state index contributed by atoms with van der Waals surface area (Å²) in [4.78, 5) is 11.5. The number of carbonyl (C=O) groups excluding carboxylic acids is 1. The quantitative estimate of drug-likeness (QED) is 0.753. The molecule has 1 aromatic carbocycles. The summed E-state index contributed by atoms with van der Waals surface area (Å²) in [7, 11) is 0. The summed E-state index contributed by atoms with van der Waals surface area (Å²) in [5.41, 5.74) is 1.80. The fraction of sp³-hybridized carbons (Fsp3) is 0.364. The molecule has 0 aliphatic rings. The molecule has 1 rings (SSSR count). The van der Waals surface area contributed by atoms with Crippen molar-refractivity contribution < 1.29 is 4.79 Å². The molecule has 0 saturated heterocycles. The van der Waals surface area contributed by atoms with Gasteiger partial charge in [-0.2, -0.15) is 0 Å². The highest BCUT2D eigenvalue weighted by molar-refractivity contribution is 5.95. The minimum atomic E-state index is 0.0277. The average Bonchev–Trinajstić information content (AvgIpc) is 2.15. The lowest BCUT2D eigenvalue weighted by Crippen LogP contribution is -2.24. The van der Waals surface area contributed by atoms with Crippen LogP contribution in [0.5, 0.6) is 0 Å². The number of amides is 1. The van der Waals surface area contributed by atoms with Gasteiger partial charge in [-0.05, 0) is 25.0 Å². The van der Waals surface area contributed by atoms with E-state index in [9.17, 15) is 4.79 Å². The molecule has 0 bridgehead atoms. The first-order valence-corrected chi connectivity index (χ1v) is 4.59. The first kappa shape index (κ1) is 9.78. The van der Waals surface area contributed by atoms with Gasteiger partial charge in [0.05, 0.1) is 0 Å². The molecule has 1 amide bonds. The summed E-state index contributed by atoms with van der Waals surface area (Å²) in [5.74, 6) is 0.0277. The van der Waals surface area contributed by atoms with Crippen molar-refractivity contribution in [3.8, 4) is 0 Å². The minimum Gasteiger partial charge on any atom is -0.352 e. The third-order valence-electron chi connectivity index (χ3n) is 1.93. The van der Waals surface area contributed by atoms with Crippen LogP contribution in [-0.4, -0.2) is 12.5 Å². The molecule has 0 fully saturated rings. The van der Waals surface area contributed by atoms with Crippen molar-refractivity contribution in [1.82, 2.24) is 5.32 Å². The lowest BCUT2D eigenvalue weighted by molar-refractivity contribution is 0.0953. The van der Waals surface area contributed by atoms with E-state index in [4.69, 9.17) is 0 Å². The van der Waals surface area contributed by atoms with E-state index in [0.717, 1.165) is 24.1 Å². The molecule has 0 aliphatic carbocycles. The molecule has 0 heterocycles. The zero-order valence-corrected chi connectivity index (χ0v) is 8.13. The van der Waals surface area contributed by atoms with E-state index in [-0.39, 0.29) is 5.91 Å². The van der Waals surface area contributed by atoms with Crippen LogP contribution in [0, 0.1) is 6.92 Å². The Kier molecular flexibility index (Phi) is 3.50. The maximum Gasteiger partial charge on any atom is 0.251 e. The van der Waals surface area contributed by atoms with Crippen molar-refractivity contribution in [2.24, 2.45) is 0 Å². The van der Waals surface area contributed by atoms with Gasteiger partial charge in [0.2, 0.25) is 0 Å². The van der Waals surface area contributed by atoms with Crippen LogP contribution in [0.3, 0.4) is 0 Å². The predicted octanol–water partition coefficient (Wildman–Crippen LogP) is 2.13. The molecule has 0 spiro atoms. The molecular weight excluding hydrogens is 162 g/mol. The number of carbonyl (C=O) groups is 1. The van der Waals surface area contributed by atoms with Gasteiger partial charge < -0.3 is 5.32 Å². The van der Waals surface area contributed by atoms with Gasteiger partial charge in [-0.25, -0.2) is 0 Å². The Morgan fingerprint density at radius 1 is 1.38 bits per heavy atom. The zero-order valence-electron chi connectivity index (χ0n) is 8.13.